The van der Waals surface area contributed by atoms with Crippen LogP contribution in [0.2, 0.25) is 0 Å². The molecule has 2 aromatic rings. The molecule has 2 heterocycles. The van der Waals surface area contributed by atoms with Crippen LogP contribution in [-0.4, -0.2) is 18.2 Å². The first kappa shape index (κ1) is 13.6. The van der Waals surface area contributed by atoms with Gasteiger partial charge in [-0.1, -0.05) is 18.2 Å². The van der Waals surface area contributed by atoms with Crippen molar-refractivity contribution >= 4 is 17.4 Å². The van der Waals surface area contributed by atoms with Gasteiger partial charge in [-0.15, -0.1) is 0 Å². The maximum atomic E-state index is 12.4. The molecule has 0 saturated heterocycles. The highest BCUT2D eigenvalue weighted by atomic mass is 16.3. The average molecular weight is 283 g/mol. The molecule has 0 aliphatic carbocycles. The number of ketones is 1. The van der Waals surface area contributed by atoms with Crippen molar-refractivity contribution in [2.24, 2.45) is 0 Å². The summed E-state index contributed by atoms with van der Waals surface area (Å²) in [4.78, 5) is 26.1. The van der Waals surface area contributed by atoms with Gasteiger partial charge in [-0.3, -0.25) is 9.59 Å². The molecule has 3 rings (SSSR count). The molecule has 0 spiro atoms. The predicted molar refractivity (Wildman–Crippen MR) is 79.4 cm³/mol. The molecule has 108 valence electrons. The zero-order valence-corrected chi connectivity index (χ0v) is 11.7. The van der Waals surface area contributed by atoms with Crippen LogP contribution in [0, 0.1) is 0 Å². The van der Waals surface area contributed by atoms with Crippen molar-refractivity contribution in [3.8, 4) is 0 Å². The van der Waals surface area contributed by atoms with Crippen LogP contribution in [0.1, 0.15) is 35.4 Å². The number of benzene rings is 1. The summed E-state index contributed by atoms with van der Waals surface area (Å²) in [5.74, 6) is 0.197. The Labute approximate surface area is 123 Å². The highest BCUT2D eigenvalue weighted by molar-refractivity contribution is 5.99. The van der Waals surface area contributed by atoms with E-state index in [4.69, 9.17) is 4.42 Å². The molecule has 1 aromatic heterocycles. The van der Waals surface area contributed by atoms with E-state index in [0.717, 1.165) is 25.1 Å². The standard InChI is InChI=1S/C17H17NO3/c19-15(16-8-4-12-21-16)9-10-17(20)18-11-3-6-13-5-1-2-7-14(13)18/h1-2,4-5,7-8,12H,3,6,9-11H2. The van der Waals surface area contributed by atoms with Crippen molar-refractivity contribution in [1.29, 1.82) is 0 Å². The second-order valence-electron chi connectivity index (χ2n) is 5.18. The number of amides is 1. The Morgan fingerprint density at radius 3 is 2.76 bits per heavy atom. The summed E-state index contributed by atoms with van der Waals surface area (Å²) in [6.07, 6.45) is 3.84. The zero-order chi connectivity index (χ0) is 14.7. The summed E-state index contributed by atoms with van der Waals surface area (Å²) in [5.41, 5.74) is 2.19. The fourth-order valence-electron chi connectivity index (χ4n) is 2.71. The predicted octanol–water partition coefficient (Wildman–Crippen LogP) is 3.22. The van der Waals surface area contributed by atoms with E-state index in [-0.39, 0.29) is 24.5 Å². The zero-order valence-electron chi connectivity index (χ0n) is 11.7. The van der Waals surface area contributed by atoms with Crippen molar-refractivity contribution in [3.05, 3.63) is 54.0 Å². The molecule has 0 saturated carbocycles. The van der Waals surface area contributed by atoms with Gasteiger partial charge in [-0.05, 0) is 36.6 Å². The molecule has 4 heteroatoms. The molecule has 1 aromatic carbocycles. The number of aryl methyl sites for hydroxylation is 1. The van der Waals surface area contributed by atoms with E-state index in [1.54, 1.807) is 17.0 Å². The van der Waals surface area contributed by atoms with Crippen molar-refractivity contribution in [1.82, 2.24) is 0 Å². The SMILES string of the molecule is O=C(CCC(=O)N1CCCc2ccccc21)c1ccco1. The van der Waals surface area contributed by atoms with Gasteiger partial charge in [0.2, 0.25) is 5.91 Å². The summed E-state index contributed by atoms with van der Waals surface area (Å²) in [5, 5.41) is 0. The van der Waals surface area contributed by atoms with E-state index >= 15 is 0 Å². The van der Waals surface area contributed by atoms with E-state index in [0.29, 0.717) is 5.76 Å². The summed E-state index contributed by atoms with van der Waals surface area (Å²) >= 11 is 0. The fraction of sp³-hybridized carbons (Fsp3) is 0.294. The lowest BCUT2D eigenvalue weighted by Crippen LogP contribution is -2.35. The Bertz CT molecular complexity index is 646. The van der Waals surface area contributed by atoms with Crippen molar-refractivity contribution < 1.29 is 14.0 Å². The maximum Gasteiger partial charge on any atom is 0.227 e. The van der Waals surface area contributed by atoms with Crippen LogP contribution in [-0.2, 0) is 11.2 Å². The third kappa shape index (κ3) is 2.89. The lowest BCUT2D eigenvalue weighted by Gasteiger charge is -2.29. The Balaban J connectivity index is 1.65. The Morgan fingerprint density at radius 1 is 1.10 bits per heavy atom. The number of nitrogens with zero attached hydrogens (tertiary/aromatic N) is 1. The number of fused-ring (bicyclic) bond motifs is 1. The molecule has 0 bridgehead atoms. The maximum absolute atomic E-state index is 12.4. The Morgan fingerprint density at radius 2 is 1.95 bits per heavy atom. The molecule has 0 unspecified atom stereocenters. The number of Topliss-reactive ketones (excluding diaryl/α,β-unsaturated/α-hetero) is 1. The number of hydrogen-bond donors (Lipinski definition) is 0. The second-order valence-corrected chi connectivity index (χ2v) is 5.18. The number of furan rings is 1. The number of carbonyl (C=O) groups excluding carboxylic acids is 2. The minimum atomic E-state index is -0.126. The first-order valence-corrected chi connectivity index (χ1v) is 7.20. The number of rotatable bonds is 4. The molecule has 0 fully saturated rings. The molecular weight excluding hydrogens is 266 g/mol. The first-order valence-electron chi connectivity index (χ1n) is 7.20. The van der Waals surface area contributed by atoms with Crippen molar-refractivity contribution in [3.63, 3.8) is 0 Å². The molecule has 1 aliphatic rings. The third-order valence-corrected chi connectivity index (χ3v) is 3.77. The van der Waals surface area contributed by atoms with Crippen molar-refractivity contribution in [2.45, 2.75) is 25.7 Å². The fourth-order valence-corrected chi connectivity index (χ4v) is 2.71. The molecule has 0 N–H and O–H groups in total. The topological polar surface area (TPSA) is 50.5 Å². The highest BCUT2D eigenvalue weighted by Gasteiger charge is 2.22. The summed E-state index contributed by atoms with van der Waals surface area (Å²) < 4.78 is 5.05. The summed E-state index contributed by atoms with van der Waals surface area (Å²) in [7, 11) is 0. The van der Waals surface area contributed by atoms with Crippen LogP contribution < -0.4 is 4.90 Å². The largest absolute Gasteiger partial charge is 0.461 e. The van der Waals surface area contributed by atoms with E-state index in [2.05, 4.69) is 6.07 Å². The molecule has 0 atom stereocenters. The van der Waals surface area contributed by atoms with E-state index in [1.165, 1.54) is 11.8 Å². The summed E-state index contributed by atoms with van der Waals surface area (Å²) in [6.45, 7) is 0.727. The molecule has 0 radical (unpaired) electrons. The minimum absolute atomic E-state index is 0.00190. The first-order chi connectivity index (χ1) is 10.3. The van der Waals surface area contributed by atoms with Gasteiger partial charge >= 0.3 is 0 Å². The van der Waals surface area contributed by atoms with Crippen LogP contribution in [0.25, 0.3) is 0 Å². The number of para-hydroxylation sites is 1. The second kappa shape index (κ2) is 5.95. The number of anilines is 1. The van der Waals surface area contributed by atoms with Gasteiger partial charge in [-0.25, -0.2) is 0 Å². The van der Waals surface area contributed by atoms with Crippen LogP contribution in [0.4, 0.5) is 5.69 Å². The van der Waals surface area contributed by atoms with Crippen LogP contribution in [0.5, 0.6) is 0 Å². The van der Waals surface area contributed by atoms with Gasteiger partial charge in [0, 0.05) is 25.1 Å². The van der Waals surface area contributed by atoms with Crippen LogP contribution in [0.15, 0.2) is 47.1 Å². The van der Waals surface area contributed by atoms with Crippen molar-refractivity contribution in [2.75, 3.05) is 11.4 Å². The van der Waals surface area contributed by atoms with Gasteiger partial charge in [0.1, 0.15) is 0 Å². The lowest BCUT2D eigenvalue weighted by atomic mass is 10.0. The van der Waals surface area contributed by atoms with E-state index < -0.39 is 0 Å². The highest BCUT2D eigenvalue weighted by Crippen LogP contribution is 2.27. The van der Waals surface area contributed by atoms with Gasteiger partial charge in [0.05, 0.1) is 6.26 Å². The monoisotopic (exact) mass is 283 g/mol. The lowest BCUT2D eigenvalue weighted by molar-refractivity contribution is -0.118. The smallest absolute Gasteiger partial charge is 0.227 e. The van der Waals surface area contributed by atoms with E-state index in [9.17, 15) is 9.59 Å². The van der Waals surface area contributed by atoms with Crippen LogP contribution in [0.3, 0.4) is 0 Å². The number of hydrogen-bond acceptors (Lipinski definition) is 3. The average Bonchev–Trinajstić information content (AvgIpc) is 3.06. The normalized spacial score (nSPS) is 13.8. The van der Waals surface area contributed by atoms with Gasteiger partial charge in [-0.2, -0.15) is 0 Å². The molecular formula is C17H17NO3. The Hall–Kier alpha value is -2.36. The number of carbonyl (C=O) groups is 2. The minimum Gasteiger partial charge on any atom is -0.461 e. The quantitative estimate of drug-likeness (QED) is 0.809. The molecule has 1 amide bonds. The van der Waals surface area contributed by atoms with Gasteiger partial charge in [0.25, 0.3) is 0 Å². The molecule has 21 heavy (non-hydrogen) atoms. The molecule has 1 aliphatic heterocycles. The summed E-state index contributed by atoms with van der Waals surface area (Å²) in [6, 6.07) is 11.3. The third-order valence-electron chi connectivity index (χ3n) is 3.77. The van der Waals surface area contributed by atoms with E-state index in [1.807, 2.05) is 18.2 Å². The molecule has 4 nitrogen and oxygen atoms in total. The van der Waals surface area contributed by atoms with Gasteiger partial charge < -0.3 is 9.32 Å². The Kier molecular flexibility index (Phi) is 3.86. The van der Waals surface area contributed by atoms with Gasteiger partial charge in [0.15, 0.2) is 11.5 Å². The van der Waals surface area contributed by atoms with Crippen LogP contribution >= 0.6 is 0 Å².